The Bertz CT molecular complexity index is 401. The molecule has 0 aromatic heterocycles. The van der Waals surface area contributed by atoms with Crippen LogP contribution in [-0.2, 0) is 16.1 Å². The Morgan fingerprint density at radius 1 is 1.22 bits per heavy atom. The summed E-state index contributed by atoms with van der Waals surface area (Å²) in [5, 5.41) is 8.71. The first-order valence-electron chi connectivity index (χ1n) is 6.05. The number of amides is 1. The van der Waals surface area contributed by atoms with Crippen molar-refractivity contribution in [1.29, 1.82) is 0 Å². The molecule has 0 saturated heterocycles. The van der Waals surface area contributed by atoms with Crippen LogP contribution in [0.3, 0.4) is 0 Å². The molecule has 0 unspecified atom stereocenters. The van der Waals surface area contributed by atoms with Gasteiger partial charge >= 0.3 is 5.97 Å². The molecule has 0 radical (unpaired) electrons. The molecular weight excluding hydrogens is 230 g/mol. The zero-order chi connectivity index (χ0) is 13.5. The molecule has 1 rings (SSSR count). The monoisotopic (exact) mass is 249 g/mol. The smallest absolute Gasteiger partial charge is 0.305 e. The number of benzene rings is 1. The fourth-order valence-corrected chi connectivity index (χ4v) is 1.67. The van der Waals surface area contributed by atoms with Gasteiger partial charge in [0.05, 0.1) is 6.42 Å². The van der Waals surface area contributed by atoms with E-state index in [1.807, 2.05) is 44.2 Å². The summed E-state index contributed by atoms with van der Waals surface area (Å²) in [5.74, 6) is -1.02. The van der Waals surface area contributed by atoms with Crippen molar-refractivity contribution in [3.8, 4) is 0 Å². The standard InChI is InChI=1S/C14H19NO3/c1-11(2)14(18)15(9-8-13(16)17)10-12-6-4-3-5-7-12/h3-7,11H,8-10H2,1-2H3,(H,16,17). The number of hydrogen-bond donors (Lipinski definition) is 1. The fourth-order valence-electron chi connectivity index (χ4n) is 1.67. The van der Waals surface area contributed by atoms with Crippen LogP contribution in [0.15, 0.2) is 30.3 Å². The van der Waals surface area contributed by atoms with Crippen molar-refractivity contribution >= 4 is 11.9 Å². The van der Waals surface area contributed by atoms with Crippen molar-refractivity contribution in [2.45, 2.75) is 26.8 Å². The maximum Gasteiger partial charge on any atom is 0.305 e. The summed E-state index contributed by atoms with van der Waals surface area (Å²) in [5.41, 5.74) is 1.01. The van der Waals surface area contributed by atoms with E-state index in [1.54, 1.807) is 4.90 Å². The molecule has 0 aliphatic rings. The van der Waals surface area contributed by atoms with Crippen molar-refractivity contribution in [2.75, 3.05) is 6.54 Å². The van der Waals surface area contributed by atoms with E-state index in [0.717, 1.165) is 5.56 Å². The van der Waals surface area contributed by atoms with Gasteiger partial charge in [0.15, 0.2) is 0 Å². The van der Waals surface area contributed by atoms with Gasteiger partial charge in [0, 0.05) is 19.0 Å². The van der Waals surface area contributed by atoms with Crippen molar-refractivity contribution in [3.05, 3.63) is 35.9 Å². The highest BCUT2D eigenvalue weighted by Gasteiger charge is 2.18. The molecule has 98 valence electrons. The molecule has 1 aromatic carbocycles. The van der Waals surface area contributed by atoms with Gasteiger partial charge in [-0.2, -0.15) is 0 Å². The van der Waals surface area contributed by atoms with Crippen LogP contribution in [0.5, 0.6) is 0 Å². The number of carboxylic acid groups (broad SMARTS) is 1. The SMILES string of the molecule is CC(C)C(=O)N(CCC(=O)O)Cc1ccccc1. The largest absolute Gasteiger partial charge is 0.481 e. The summed E-state index contributed by atoms with van der Waals surface area (Å²) in [4.78, 5) is 24.2. The quantitative estimate of drug-likeness (QED) is 0.840. The summed E-state index contributed by atoms with van der Waals surface area (Å²) in [7, 11) is 0. The van der Waals surface area contributed by atoms with Crippen LogP contribution >= 0.6 is 0 Å². The molecule has 0 aliphatic carbocycles. The molecule has 1 amide bonds. The van der Waals surface area contributed by atoms with Crippen molar-refractivity contribution in [3.63, 3.8) is 0 Å². The summed E-state index contributed by atoms with van der Waals surface area (Å²) < 4.78 is 0. The Labute approximate surface area is 107 Å². The number of carbonyl (C=O) groups excluding carboxylic acids is 1. The first-order chi connectivity index (χ1) is 8.50. The van der Waals surface area contributed by atoms with Crippen LogP contribution in [0.25, 0.3) is 0 Å². The first-order valence-corrected chi connectivity index (χ1v) is 6.05. The fraction of sp³-hybridized carbons (Fsp3) is 0.429. The zero-order valence-electron chi connectivity index (χ0n) is 10.8. The van der Waals surface area contributed by atoms with E-state index >= 15 is 0 Å². The van der Waals surface area contributed by atoms with Gasteiger partial charge in [0.1, 0.15) is 0 Å². The van der Waals surface area contributed by atoms with E-state index in [1.165, 1.54) is 0 Å². The number of aliphatic carboxylic acids is 1. The second-order valence-electron chi connectivity index (χ2n) is 4.54. The third-order valence-electron chi connectivity index (χ3n) is 2.62. The lowest BCUT2D eigenvalue weighted by Gasteiger charge is -2.24. The van der Waals surface area contributed by atoms with E-state index in [2.05, 4.69) is 0 Å². The molecule has 1 aromatic rings. The Morgan fingerprint density at radius 3 is 2.33 bits per heavy atom. The minimum Gasteiger partial charge on any atom is -0.481 e. The van der Waals surface area contributed by atoms with Crippen molar-refractivity contribution in [2.24, 2.45) is 5.92 Å². The molecule has 0 aliphatic heterocycles. The van der Waals surface area contributed by atoms with Crippen LogP contribution in [0.1, 0.15) is 25.8 Å². The third kappa shape index (κ3) is 4.57. The lowest BCUT2D eigenvalue weighted by molar-refractivity contribution is -0.139. The highest BCUT2D eigenvalue weighted by atomic mass is 16.4. The molecule has 4 nitrogen and oxygen atoms in total. The summed E-state index contributed by atoms with van der Waals surface area (Å²) >= 11 is 0. The van der Waals surface area contributed by atoms with Gasteiger partial charge in [-0.05, 0) is 5.56 Å². The Kier molecular flexibility index (Phi) is 5.36. The van der Waals surface area contributed by atoms with E-state index in [4.69, 9.17) is 5.11 Å². The number of nitrogens with zero attached hydrogens (tertiary/aromatic N) is 1. The number of hydrogen-bond acceptors (Lipinski definition) is 2. The van der Waals surface area contributed by atoms with E-state index in [0.29, 0.717) is 6.54 Å². The minimum atomic E-state index is -0.885. The number of carboxylic acids is 1. The molecule has 1 N–H and O–H groups in total. The van der Waals surface area contributed by atoms with E-state index in [9.17, 15) is 9.59 Å². The van der Waals surface area contributed by atoms with E-state index < -0.39 is 5.97 Å². The van der Waals surface area contributed by atoms with Gasteiger partial charge in [-0.1, -0.05) is 44.2 Å². The average Bonchev–Trinajstić information content (AvgIpc) is 2.34. The van der Waals surface area contributed by atoms with Crippen LogP contribution in [0.4, 0.5) is 0 Å². The maximum absolute atomic E-state index is 12.0. The Morgan fingerprint density at radius 2 is 1.83 bits per heavy atom. The maximum atomic E-state index is 12.0. The highest BCUT2D eigenvalue weighted by Crippen LogP contribution is 2.09. The van der Waals surface area contributed by atoms with Gasteiger partial charge in [-0.25, -0.2) is 0 Å². The van der Waals surface area contributed by atoms with Crippen LogP contribution in [0, 0.1) is 5.92 Å². The normalized spacial score (nSPS) is 10.4. The average molecular weight is 249 g/mol. The first kappa shape index (κ1) is 14.2. The zero-order valence-corrected chi connectivity index (χ0v) is 10.8. The highest BCUT2D eigenvalue weighted by molar-refractivity contribution is 5.78. The molecule has 4 heteroatoms. The van der Waals surface area contributed by atoms with Gasteiger partial charge in [-0.3, -0.25) is 9.59 Å². The predicted molar refractivity (Wildman–Crippen MR) is 68.9 cm³/mol. The van der Waals surface area contributed by atoms with E-state index in [-0.39, 0.29) is 24.8 Å². The van der Waals surface area contributed by atoms with Crippen LogP contribution in [-0.4, -0.2) is 28.4 Å². The van der Waals surface area contributed by atoms with Gasteiger partial charge in [-0.15, -0.1) is 0 Å². The molecule has 18 heavy (non-hydrogen) atoms. The molecule has 0 atom stereocenters. The molecule has 0 bridgehead atoms. The predicted octanol–water partition coefficient (Wildman–Crippen LogP) is 2.15. The lowest BCUT2D eigenvalue weighted by atomic mass is 10.1. The molecular formula is C14H19NO3. The molecule has 0 fully saturated rings. The molecule has 0 spiro atoms. The van der Waals surface area contributed by atoms with Crippen molar-refractivity contribution < 1.29 is 14.7 Å². The summed E-state index contributed by atoms with van der Waals surface area (Å²) in [6.07, 6.45) is -0.0225. The molecule has 0 saturated carbocycles. The van der Waals surface area contributed by atoms with Crippen LogP contribution in [0.2, 0.25) is 0 Å². The molecule has 0 heterocycles. The number of rotatable bonds is 6. The lowest BCUT2D eigenvalue weighted by Crippen LogP contribution is -2.35. The van der Waals surface area contributed by atoms with Gasteiger partial charge < -0.3 is 10.0 Å². The minimum absolute atomic E-state index is 0.0138. The third-order valence-corrected chi connectivity index (χ3v) is 2.62. The van der Waals surface area contributed by atoms with Crippen LogP contribution < -0.4 is 0 Å². The number of carbonyl (C=O) groups is 2. The second-order valence-corrected chi connectivity index (χ2v) is 4.54. The summed E-state index contributed by atoms with van der Waals surface area (Å²) in [6, 6.07) is 9.59. The van der Waals surface area contributed by atoms with Gasteiger partial charge in [0.25, 0.3) is 0 Å². The van der Waals surface area contributed by atoms with Crippen molar-refractivity contribution in [1.82, 2.24) is 4.90 Å². The van der Waals surface area contributed by atoms with Gasteiger partial charge in [0.2, 0.25) is 5.91 Å². The Balaban J connectivity index is 2.71. The Hall–Kier alpha value is -1.84. The topological polar surface area (TPSA) is 57.6 Å². The summed E-state index contributed by atoms with van der Waals surface area (Å²) in [6.45, 7) is 4.36. The second kappa shape index (κ2) is 6.79.